The highest BCUT2D eigenvalue weighted by Crippen LogP contribution is 2.26. The lowest BCUT2D eigenvalue weighted by atomic mass is 10.1. The molecule has 2 aromatic rings. The number of halogens is 2. The first kappa shape index (κ1) is 15.9. The highest BCUT2D eigenvalue weighted by molar-refractivity contribution is 7.90. The molecular formula is C14H14F2N2O4S. The first-order valence-corrected chi connectivity index (χ1v) is 8.81. The van der Waals surface area contributed by atoms with Crippen molar-refractivity contribution in [2.45, 2.75) is 25.0 Å². The maximum Gasteiger partial charge on any atom is 0.300 e. The smallest absolute Gasteiger partial charge is 0.300 e. The van der Waals surface area contributed by atoms with Gasteiger partial charge in [-0.15, -0.1) is 0 Å². The summed E-state index contributed by atoms with van der Waals surface area (Å²) in [4.78, 5) is 3.37. The van der Waals surface area contributed by atoms with Gasteiger partial charge >= 0.3 is 6.43 Å². The maximum atomic E-state index is 12.3. The summed E-state index contributed by atoms with van der Waals surface area (Å²) in [5, 5.41) is 3.04. The molecule has 0 bridgehead atoms. The molecule has 124 valence electrons. The van der Waals surface area contributed by atoms with Gasteiger partial charge in [-0.05, 0) is 23.6 Å². The number of fused-ring (bicyclic) bond motifs is 1. The van der Waals surface area contributed by atoms with E-state index in [0.29, 0.717) is 13.0 Å². The van der Waals surface area contributed by atoms with Crippen molar-refractivity contribution in [1.82, 2.24) is 10.1 Å². The van der Waals surface area contributed by atoms with Gasteiger partial charge in [0.25, 0.3) is 0 Å². The van der Waals surface area contributed by atoms with Crippen molar-refractivity contribution >= 4 is 9.84 Å². The standard InChI is InChI=1S/C14H14F2N2O4S/c15-13(16)14-17-12(22-18-14)8-23(19,20)6-4-9-1-2-11-10(7-9)3-5-21-11/h1-2,7,13H,3-6,8H2. The fourth-order valence-corrected chi connectivity index (χ4v) is 3.53. The van der Waals surface area contributed by atoms with E-state index in [0.717, 1.165) is 23.3 Å². The number of rotatable bonds is 6. The van der Waals surface area contributed by atoms with Crippen molar-refractivity contribution in [3.05, 3.63) is 41.0 Å². The molecule has 0 unspecified atom stereocenters. The molecule has 0 N–H and O–H groups in total. The Bertz CT molecular complexity index is 805. The average molecular weight is 344 g/mol. The molecule has 2 heterocycles. The van der Waals surface area contributed by atoms with Gasteiger partial charge in [-0.2, -0.15) is 4.98 Å². The summed E-state index contributed by atoms with van der Waals surface area (Å²) in [5.74, 6) is -0.946. The van der Waals surface area contributed by atoms with Crippen LogP contribution in [0.4, 0.5) is 8.78 Å². The second-order valence-corrected chi connectivity index (χ2v) is 7.41. The number of benzene rings is 1. The van der Waals surface area contributed by atoms with E-state index in [1.165, 1.54) is 0 Å². The lowest BCUT2D eigenvalue weighted by Gasteiger charge is -2.04. The van der Waals surface area contributed by atoms with Gasteiger partial charge in [0.15, 0.2) is 9.84 Å². The normalized spacial score (nSPS) is 14.0. The number of aryl methyl sites for hydroxylation is 1. The van der Waals surface area contributed by atoms with Crippen molar-refractivity contribution in [2.24, 2.45) is 0 Å². The summed E-state index contributed by atoms with van der Waals surface area (Å²) in [7, 11) is -3.53. The molecule has 23 heavy (non-hydrogen) atoms. The minimum absolute atomic E-state index is 0.126. The molecule has 0 radical (unpaired) electrons. The Morgan fingerprint density at radius 2 is 2.13 bits per heavy atom. The number of ether oxygens (including phenoxy) is 1. The van der Waals surface area contributed by atoms with Crippen LogP contribution in [0.5, 0.6) is 5.75 Å². The van der Waals surface area contributed by atoms with Gasteiger partial charge in [-0.25, -0.2) is 17.2 Å². The van der Waals surface area contributed by atoms with Crippen LogP contribution in [-0.2, 0) is 28.4 Å². The van der Waals surface area contributed by atoms with Crippen molar-refractivity contribution < 1.29 is 26.5 Å². The summed E-state index contributed by atoms with van der Waals surface area (Å²) in [6, 6.07) is 5.58. The Hall–Kier alpha value is -2.03. The fraction of sp³-hybridized carbons (Fsp3) is 0.429. The Kier molecular flexibility index (Phi) is 4.29. The van der Waals surface area contributed by atoms with E-state index >= 15 is 0 Å². The minimum atomic E-state index is -3.53. The molecule has 0 atom stereocenters. The van der Waals surface area contributed by atoms with Crippen LogP contribution < -0.4 is 4.74 Å². The van der Waals surface area contributed by atoms with E-state index in [1.54, 1.807) is 0 Å². The third kappa shape index (κ3) is 3.84. The summed E-state index contributed by atoms with van der Waals surface area (Å²) in [6.07, 6.45) is -1.75. The van der Waals surface area contributed by atoms with E-state index < -0.39 is 27.8 Å². The molecule has 1 aromatic heterocycles. The van der Waals surface area contributed by atoms with Crippen LogP contribution in [0.1, 0.15) is 29.3 Å². The molecule has 0 aliphatic carbocycles. The second kappa shape index (κ2) is 6.23. The largest absolute Gasteiger partial charge is 0.493 e. The van der Waals surface area contributed by atoms with Crippen molar-refractivity contribution in [3.8, 4) is 5.75 Å². The molecule has 0 saturated heterocycles. The van der Waals surface area contributed by atoms with Crippen molar-refractivity contribution in [2.75, 3.05) is 12.4 Å². The zero-order valence-electron chi connectivity index (χ0n) is 12.0. The van der Waals surface area contributed by atoms with Crippen LogP contribution in [0.2, 0.25) is 0 Å². The summed E-state index contributed by atoms with van der Waals surface area (Å²) in [5.41, 5.74) is 1.95. The van der Waals surface area contributed by atoms with Crippen LogP contribution in [0.15, 0.2) is 22.7 Å². The van der Waals surface area contributed by atoms with Crippen LogP contribution in [0.3, 0.4) is 0 Å². The van der Waals surface area contributed by atoms with E-state index in [2.05, 4.69) is 14.7 Å². The Morgan fingerprint density at radius 1 is 1.30 bits per heavy atom. The number of aromatic nitrogens is 2. The van der Waals surface area contributed by atoms with Gasteiger partial charge in [0.2, 0.25) is 11.7 Å². The highest BCUT2D eigenvalue weighted by atomic mass is 32.2. The van der Waals surface area contributed by atoms with Gasteiger partial charge in [0, 0.05) is 6.42 Å². The van der Waals surface area contributed by atoms with E-state index in [4.69, 9.17) is 4.74 Å². The summed E-state index contributed by atoms with van der Waals surface area (Å²) in [6.45, 7) is 0.640. The molecule has 9 heteroatoms. The fourth-order valence-electron chi connectivity index (χ4n) is 2.34. The molecule has 1 aliphatic heterocycles. The molecule has 0 fully saturated rings. The van der Waals surface area contributed by atoms with Crippen LogP contribution in [-0.4, -0.2) is 30.9 Å². The number of hydrogen-bond acceptors (Lipinski definition) is 6. The van der Waals surface area contributed by atoms with Crippen LogP contribution in [0, 0.1) is 0 Å². The topological polar surface area (TPSA) is 82.3 Å². The Morgan fingerprint density at radius 3 is 2.87 bits per heavy atom. The number of nitrogens with zero attached hydrogens (tertiary/aromatic N) is 2. The van der Waals surface area contributed by atoms with Gasteiger partial charge in [-0.3, -0.25) is 0 Å². The van der Waals surface area contributed by atoms with E-state index in [9.17, 15) is 17.2 Å². The second-order valence-electron chi connectivity index (χ2n) is 5.23. The quantitative estimate of drug-likeness (QED) is 0.798. The van der Waals surface area contributed by atoms with Crippen LogP contribution in [0.25, 0.3) is 0 Å². The summed E-state index contributed by atoms with van der Waals surface area (Å²) < 4.78 is 58.7. The van der Waals surface area contributed by atoms with E-state index in [-0.39, 0.29) is 11.6 Å². The van der Waals surface area contributed by atoms with Crippen molar-refractivity contribution in [3.63, 3.8) is 0 Å². The molecule has 0 saturated carbocycles. The zero-order chi connectivity index (χ0) is 16.4. The predicted molar refractivity (Wildman–Crippen MR) is 76.1 cm³/mol. The van der Waals surface area contributed by atoms with Crippen molar-refractivity contribution in [1.29, 1.82) is 0 Å². The molecule has 1 aromatic carbocycles. The maximum absolute atomic E-state index is 12.3. The van der Waals surface area contributed by atoms with Gasteiger partial charge in [-0.1, -0.05) is 17.3 Å². The van der Waals surface area contributed by atoms with E-state index in [1.807, 2.05) is 18.2 Å². The van der Waals surface area contributed by atoms with Gasteiger partial charge < -0.3 is 9.26 Å². The number of hydrogen-bond donors (Lipinski definition) is 0. The lowest BCUT2D eigenvalue weighted by molar-refractivity contribution is 0.136. The number of sulfone groups is 1. The first-order valence-electron chi connectivity index (χ1n) is 6.98. The summed E-state index contributed by atoms with van der Waals surface area (Å²) >= 11 is 0. The minimum Gasteiger partial charge on any atom is -0.493 e. The molecule has 1 aliphatic rings. The van der Waals surface area contributed by atoms with Gasteiger partial charge in [0.1, 0.15) is 11.5 Å². The first-order chi connectivity index (χ1) is 10.9. The molecule has 0 spiro atoms. The van der Waals surface area contributed by atoms with Gasteiger partial charge in [0.05, 0.1) is 12.4 Å². The highest BCUT2D eigenvalue weighted by Gasteiger charge is 2.21. The molecule has 3 rings (SSSR count). The Labute approximate surface area is 131 Å². The lowest BCUT2D eigenvalue weighted by Crippen LogP contribution is -2.12. The SMILES string of the molecule is O=S(=O)(CCc1ccc2c(c1)CCO2)Cc1nc(C(F)F)no1. The Balaban J connectivity index is 1.62. The predicted octanol–water partition coefficient (Wildman–Crippen LogP) is 2.10. The third-order valence-corrected chi connectivity index (χ3v) is 4.99. The monoisotopic (exact) mass is 344 g/mol. The zero-order valence-corrected chi connectivity index (χ0v) is 12.9. The van der Waals surface area contributed by atoms with Crippen LogP contribution >= 0.6 is 0 Å². The number of alkyl halides is 2. The average Bonchev–Trinajstić information content (AvgIpc) is 3.13. The third-order valence-electron chi connectivity index (χ3n) is 3.48. The molecule has 0 amide bonds. The molecular weight excluding hydrogens is 330 g/mol. The molecule has 6 nitrogen and oxygen atoms in total.